The lowest BCUT2D eigenvalue weighted by molar-refractivity contribution is -0.0950. The number of nitrogen functional groups attached to an aromatic ring is 1. The largest absolute Gasteiger partial charge is 0.394 e. The minimum absolute atomic E-state index is 0.220. The topological polar surface area (TPSA) is 166 Å². The molecule has 3 rings (SSSR count). The van der Waals surface area contributed by atoms with Crippen LogP contribution in [0.3, 0.4) is 0 Å². The van der Waals surface area contributed by atoms with E-state index >= 15 is 0 Å². The molecule has 0 aromatic carbocycles. The van der Waals surface area contributed by atoms with E-state index in [9.17, 15) is 10.2 Å². The van der Waals surface area contributed by atoms with E-state index < -0.39 is 37.2 Å². The Morgan fingerprint density at radius 3 is 2.86 bits per heavy atom. The van der Waals surface area contributed by atoms with Gasteiger partial charge in [0.05, 0.1) is 19.0 Å². The molecule has 0 saturated carbocycles. The first-order valence-corrected chi connectivity index (χ1v) is 6.35. The third-order valence-corrected chi connectivity index (χ3v) is 3.58. The van der Waals surface area contributed by atoms with E-state index in [-0.39, 0.29) is 5.82 Å². The summed E-state index contributed by atoms with van der Waals surface area (Å²) in [5.74, 6) is 0.220. The SMILES string of the molecule is Nc1ncnc2c1ncn2[C@H]1O[C@@H]([C@H](O)CO)[C@@H](O)[C@H]1N. The highest BCUT2D eigenvalue weighted by molar-refractivity contribution is 5.81. The maximum atomic E-state index is 10.0. The number of nitrogens with two attached hydrogens (primary N) is 2. The summed E-state index contributed by atoms with van der Waals surface area (Å²) in [6.07, 6.45) is -1.43. The maximum Gasteiger partial charge on any atom is 0.167 e. The molecule has 0 spiro atoms. The highest BCUT2D eigenvalue weighted by Gasteiger charge is 2.46. The van der Waals surface area contributed by atoms with E-state index in [4.69, 9.17) is 21.3 Å². The molecule has 21 heavy (non-hydrogen) atoms. The van der Waals surface area contributed by atoms with Gasteiger partial charge in [-0.1, -0.05) is 0 Å². The van der Waals surface area contributed by atoms with Crippen molar-refractivity contribution in [2.24, 2.45) is 5.73 Å². The third-order valence-electron chi connectivity index (χ3n) is 3.58. The van der Waals surface area contributed by atoms with Gasteiger partial charge >= 0.3 is 0 Å². The summed E-state index contributed by atoms with van der Waals surface area (Å²) in [5.41, 5.74) is 12.4. The second kappa shape index (κ2) is 5.16. The first-order valence-electron chi connectivity index (χ1n) is 6.35. The number of aliphatic hydroxyl groups is 3. The molecule has 0 radical (unpaired) electrons. The van der Waals surface area contributed by atoms with Crippen LogP contribution in [0.15, 0.2) is 12.7 Å². The monoisotopic (exact) mass is 296 g/mol. The quantitative estimate of drug-likeness (QED) is 0.406. The molecular formula is C11H16N6O4. The van der Waals surface area contributed by atoms with Gasteiger partial charge in [0.1, 0.15) is 30.2 Å². The molecule has 1 fully saturated rings. The number of aliphatic hydroxyl groups excluding tert-OH is 3. The zero-order valence-corrected chi connectivity index (χ0v) is 10.9. The first kappa shape index (κ1) is 14.1. The predicted octanol–water partition coefficient (Wildman–Crippen LogP) is -2.65. The molecule has 2 aromatic heterocycles. The van der Waals surface area contributed by atoms with E-state index in [1.807, 2.05) is 0 Å². The Hall–Kier alpha value is -1.85. The van der Waals surface area contributed by atoms with Gasteiger partial charge in [-0.3, -0.25) is 4.57 Å². The van der Waals surface area contributed by atoms with E-state index in [1.165, 1.54) is 17.2 Å². The van der Waals surface area contributed by atoms with Crippen molar-refractivity contribution in [2.45, 2.75) is 30.6 Å². The van der Waals surface area contributed by atoms with Gasteiger partial charge in [-0.15, -0.1) is 0 Å². The molecule has 10 nitrogen and oxygen atoms in total. The number of rotatable bonds is 3. The lowest BCUT2D eigenvalue weighted by Crippen LogP contribution is -2.43. The molecule has 1 aliphatic heterocycles. The number of fused-ring (bicyclic) bond motifs is 1. The fraction of sp³-hybridized carbons (Fsp3) is 0.545. The molecule has 1 aliphatic rings. The number of nitrogens with zero attached hydrogens (tertiary/aromatic N) is 4. The van der Waals surface area contributed by atoms with Gasteiger partial charge < -0.3 is 31.5 Å². The minimum atomic E-state index is -1.23. The number of hydrogen-bond acceptors (Lipinski definition) is 9. The van der Waals surface area contributed by atoms with E-state index in [0.717, 1.165) is 0 Å². The molecule has 2 aromatic rings. The van der Waals surface area contributed by atoms with E-state index in [2.05, 4.69) is 15.0 Å². The first-order chi connectivity index (χ1) is 10.0. The number of aromatic nitrogens is 4. The van der Waals surface area contributed by atoms with Crippen LogP contribution in [0.5, 0.6) is 0 Å². The van der Waals surface area contributed by atoms with E-state index in [1.54, 1.807) is 0 Å². The highest BCUT2D eigenvalue weighted by Crippen LogP contribution is 2.32. The predicted molar refractivity (Wildman–Crippen MR) is 70.7 cm³/mol. The summed E-state index contributed by atoms with van der Waals surface area (Å²) in [6.45, 7) is -0.541. The number of hydrogen-bond donors (Lipinski definition) is 5. The molecule has 0 unspecified atom stereocenters. The lowest BCUT2D eigenvalue weighted by Gasteiger charge is -2.19. The van der Waals surface area contributed by atoms with E-state index in [0.29, 0.717) is 11.2 Å². The smallest absolute Gasteiger partial charge is 0.167 e. The van der Waals surface area contributed by atoms with Crippen LogP contribution in [0, 0.1) is 0 Å². The Labute approximate surface area is 119 Å². The normalized spacial score (nSPS) is 30.9. The standard InChI is InChI=1S/C11H16N6O4/c12-5-7(20)8(4(19)1-18)21-11(5)17-3-16-6-9(13)14-2-15-10(6)17/h2-5,7-8,11,18-20H,1,12H2,(H2,13,14,15)/t4-,5-,7+,8+,11+/m1/s1. The van der Waals surface area contributed by atoms with Crippen LogP contribution in [0.25, 0.3) is 11.2 Å². The summed E-state index contributed by atoms with van der Waals surface area (Å²) >= 11 is 0. The van der Waals surface area contributed by atoms with Crippen molar-refractivity contribution in [3.8, 4) is 0 Å². The second-order valence-electron chi connectivity index (χ2n) is 4.89. The summed E-state index contributed by atoms with van der Waals surface area (Å²) in [6, 6.07) is -0.815. The van der Waals surface area contributed by atoms with Gasteiger partial charge in [0.15, 0.2) is 17.7 Å². The van der Waals surface area contributed by atoms with Gasteiger partial charge in [-0.25, -0.2) is 15.0 Å². The molecular weight excluding hydrogens is 280 g/mol. The summed E-state index contributed by atoms with van der Waals surface area (Å²) in [5, 5.41) is 28.7. The number of imidazole rings is 1. The van der Waals surface area contributed by atoms with Crippen LogP contribution in [-0.4, -0.2) is 65.8 Å². The van der Waals surface area contributed by atoms with Gasteiger partial charge in [0.2, 0.25) is 0 Å². The van der Waals surface area contributed by atoms with Crippen molar-refractivity contribution < 1.29 is 20.1 Å². The molecule has 0 amide bonds. The molecule has 1 saturated heterocycles. The van der Waals surface area contributed by atoms with Crippen LogP contribution < -0.4 is 11.5 Å². The minimum Gasteiger partial charge on any atom is -0.394 e. The number of anilines is 1. The van der Waals surface area contributed by atoms with Crippen LogP contribution in [0.2, 0.25) is 0 Å². The summed E-state index contributed by atoms with van der Waals surface area (Å²) in [7, 11) is 0. The Kier molecular flexibility index (Phi) is 3.47. The lowest BCUT2D eigenvalue weighted by atomic mass is 10.0. The average Bonchev–Trinajstić information content (AvgIpc) is 3.02. The average molecular weight is 296 g/mol. The van der Waals surface area contributed by atoms with Gasteiger partial charge in [0, 0.05) is 0 Å². The van der Waals surface area contributed by atoms with Crippen molar-refractivity contribution in [3.05, 3.63) is 12.7 Å². The van der Waals surface area contributed by atoms with Crippen molar-refractivity contribution >= 4 is 17.0 Å². The van der Waals surface area contributed by atoms with Crippen molar-refractivity contribution in [1.82, 2.24) is 19.5 Å². The van der Waals surface area contributed by atoms with Crippen molar-refractivity contribution in [3.63, 3.8) is 0 Å². The van der Waals surface area contributed by atoms with Crippen molar-refractivity contribution in [1.29, 1.82) is 0 Å². The molecule has 114 valence electrons. The van der Waals surface area contributed by atoms with Crippen LogP contribution in [0.1, 0.15) is 6.23 Å². The molecule has 3 heterocycles. The maximum absolute atomic E-state index is 10.0. The Morgan fingerprint density at radius 2 is 2.14 bits per heavy atom. The zero-order valence-electron chi connectivity index (χ0n) is 10.9. The summed E-state index contributed by atoms with van der Waals surface area (Å²) < 4.78 is 7.09. The Bertz CT molecular complexity index is 649. The van der Waals surface area contributed by atoms with Gasteiger partial charge in [0.25, 0.3) is 0 Å². The van der Waals surface area contributed by atoms with Gasteiger partial charge in [-0.05, 0) is 0 Å². The Balaban J connectivity index is 1.98. The molecule has 7 N–H and O–H groups in total. The second-order valence-corrected chi connectivity index (χ2v) is 4.89. The third kappa shape index (κ3) is 2.13. The molecule has 0 bridgehead atoms. The zero-order chi connectivity index (χ0) is 15.1. The molecule has 0 aliphatic carbocycles. The summed E-state index contributed by atoms with van der Waals surface area (Å²) in [4.78, 5) is 12.0. The van der Waals surface area contributed by atoms with Crippen LogP contribution in [-0.2, 0) is 4.74 Å². The molecule has 10 heteroatoms. The highest BCUT2D eigenvalue weighted by atomic mass is 16.5. The Morgan fingerprint density at radius 1 is 1.38 bits per heavy atom. The van der Waals surface area contributed by atoms with Crippen LogP contribution >= 0.6 is 0 Å². The fourth-order valence-corrected chi connectivity index (χ4v) is 2.45. The van der Waals surface area contributed by atoms with Crippen LogP contribution in [0.4, 0.5) is 5.82 Å². The fourth-order valence-electron chi connectivity index (χ4n) is 2.45. The number of ether oxygens (including phenoxy) is 1. The molecule has 5 atom stereocenters. The van der Waals surface area contributed by atoms with Gasteiger partial charge in [-0.2, -0.15) is 0 Å². The van der Waals surface area contributed by atoms with Crippen molar-refractivity contribution in [2.75, 3.05) is 12.3 Å².